The number of nitrogens with zero attached hydrogens (tertiary/aromatic N) is 1. The standard InChI is InChI=1S/C19H17ClN2O4S/c20-16-7-4-8-17(19(16)23)27(24,25)22-12-15-9-10-21-18(11-15)26-13-14-5-2-1-3-6-14/h1-11,22-23H,12-13H2. The van der Waals surface area contributed by atoms with Crippen molar-refractivity contribution >= 4 is 21.6 Å². The van der Waals surface area contributed by atoms with Gasteiger partial charge in [0, 0.05) is 18.8 Å². The number of sulfonamides is 1. The van der Waals surface area contributed by atoms with Gasteiger partial charge in [-0.2, -0.15) is 0 Å². The van der Waals surface area contributed by atoms with Crippen LogP contribution in [0, 0.1) is 0 Å². The van der Waals surface area contributed by atoms with E-state index in [1.165, 1.54) is 18.2 Å². The van der Waals surface area contributed by atoms with E-state index in [0.29, 0.717) is 18.1 Å². The monoisotopic (exact) mass is 404 g/mol. The lowest BCUT2D eigenvalue weighted by molar-refractivity contribution is 0.293. The van der Waals surface area contributed by atoms with Gasteiger partial charge in [-0.3, -0.25) is 0 Å². The molecule has 0 aliphatic carbocycles. The van der Waals surface area contributed by atoms with Crippen LogP contribution in [0.2, 0.25) is 5.02 Å². The van der Waals surface area contributed by atoms with E-state index in [-0.39, 0.29) is 16.5 Å². The van der Waals surface area contributed by atoms with Crippen LogP contribution in [0.4, 0.5) is 0 Å². The molecule has 0 spiro atoms. The minimum atomic E-state index is -3.93. The molecule has 3 rings (SSSR count). The number of phenols is 1. The fourth-order valence-electron chi connectivity index (χ4n) is 2.34. The highest BCUT2D eigenvalue weighted by molar-refractivity contribution is 7.89. The Bertz CT molecular complexity index is 1030. The number of hydrogen-bond acceptors (Lipinski definition) is 5. The van der Waals surface area contributed by atoms with Gasteiger partial charge in [0.15, 0.2) is 5.75 Å². The molecule has 0 radical (unpaired) electrons. The maximum Gasteiger partial charge on any atom is 0.244 e. The highest BCUT2D eigenvalue weighted by Crippen LogP contribution is 2.30. The van der Waals surface area contributed by atoms with Gasteiger partial charge in [-0.05, 0) is 29.3 Å². The second-order valence-corrected chi connectivity index (χ2v) is 7.83. The Morgan fingerprint density at radius 2 is 1.81 bits per heavy atom. The minimum absolute atomic E-state index is 0.0124. The molecule has 6 nitrogen and oxygen atoms in total. The summed E-state index contributed by atoms with van der Waals surface area (Å²) in [6.45, 7) is 0.373. The molecule has 0 saturated carbocycles. The Morgan fingerprint density at radius 1 is 1.04 bits per heavy atom. The van der Waals surface area contributed by atoms with Crippen LogP contribution in [0.15, 0.2) is 71.8 Å². The average molecular weight is 405 g/mol. The molecule has 0 unspecified atom stereocenters. The molecule has 2 N–H and O–H groups in total. The molecule has 27 heavy (non-hydrogen) atoms. The Hall–Kier alpha value is -2.61. The minimum Gasteiger partial charge on any atom is -0.505 e. The first-order chi connectivity index (χ1) is 13.0. The molecule has 0 amide bonds. The first-order valence-electron chi connectivity index (χ1n) is 8.04. The number of nitrogens with one attached hydrogen (secondary N) is 1. The number of halogens is 1. The van der Waals surface area contributed by atoms with E-state index in [0.717, 1.165) is 5.56 Å². The smallest absolute Gasteiger partial charge is 0.244 e. The van der Waals surface area contributed by atoms with Gasteiger partial charge in [0.05, 0.1) is 5.02 Å². The normalized spacial score (nSPS) is 11.3. The molecule has 2 aromatic carbocycles. The van der Waals surface area contributed by atoms with Crippen LogP contribution in [-0.2, 0) is 23.2 Å². The van der Waals surface area contributed by atoms with Crippen LogP contribution in [0.5, 0.6) is 11.6 Å². The van der Waals surface area contributed by atoms with Crippen LogP contribution >= 0.6 is 11.6 Å². The summed E-state index contributed by atoms with van der Waals surface area (Å²) in [4.78, 5) is 3.85. The predicted molar refractivity (Wildman–Crippen MR) is 102 cm³/mol. The molecule has 0 atom stereocenters. The van der Waals surface area contributed by atoms with Gasteiger partial charge in [0.2, 0.25) is 15.9 Å². The van der Waals surface area contributed by atoms with Gasteiger partial charge in [0.25, 0.3) is 0 Å². The summed E-state index contributed by atoms with van der Waals surface area (Å²) in [5, 5.41) is 9.84. The molecular formula is C19H17ClN2O4S. The fraction of sp³-hybridized carbons (Fsp3) is 0.105. The number of aromatic nitrogens is 1. The lowest BCUT2D eigenvalue weighted by Crippen LogP contribution is -2.23. The third-order valence-electron chi connectivity index (χ3n) is 3.73. The molecule has 1 heterocycles. The Labute approximate surface area is 162 Å². The van der Waals surface area contributed by atoms with Crippen LogP contribution in [-0.4, -0.2) is 18.5 Å². The highest BCUT2D eigenvalue weighted by atomic mass is 35.5. The van der Waals surface area contributed by atoms with Crippen molar-refractivity contribution in [2.24, 2.45) is 0 Å². The van der Waals surface area contributed by atoms with E-state index < -0.39 is 15.8 Å². The van der Waals surface area contributed by atoms with Gasteiger partial charge < -0.3 is 9.84 Å². The van der Waals surface area contributed by atoms with E-state index in [1.807, 2.05) is 30.3 Å². The van der Waals surface area contributed by atoms with Crippen LogP contribution in [0.25, 0.3) is 0 Å². The van der Waals surface area contributed by atoms with Crippen molar-refractivity contribution in [2.45, 2.75) is 18.0 Å². The number of hydrogen-bond donors (Lipinski definition) is 2. The third-order valence-corrected chi connectivity index (χ3v) is 5.47. The van der Waals surface area contributed by atoms with Gasteiger partial charge >= 0.3 is 0 Å². The largest absolute Gasteiger partial charge is 0.505 e. The molecule has 0 fully saturated rings. The number of aromatic hydroxyl groups is 1. The molecule has 0 aliphatic rings. The number of rotatable bonds is 7. The lowest BCUT2D eigenvalue weighted by atomic mass is 10.2. The van der Waals surface area contributed by atoms with Crippen LogP contribution in [0.3, 0.4) is 0 Å². The van der Waals surface area contributed by atoms with Crippen molar-refractivity contribution in [3.05, 3.63) is 83.0 Å². The Morgan fingerprint density at radius 3 is 2.59 bits per heavy atom. The summed E-state index contributed by atoms with van der Waals surface area (Å²) >= 11 is 5.78. The van der Waals surface area contributed by atoms with Gasteiger partial charge in [-0.25, -0.2) is 18.1 Å². The quantitative estimate of drug-likeness (QED) is 0.629. The van der Waals surface area contributed by atoms with Gasteiger partial charge in [0.1, 0.15) is 11.5 Å². The molecule has 3 aromatic rings. The van der Waals surface area contributed by atoms with Crippen LogP contribution in [0.1, 0.15) is 11.1 Å². The molecule has 0 aliphatic heterocycles. The summed E-state index contributed by atoms with van der Waals surface area (Å²) in [6.07, 6.45) is 1.54. The number of ether oxygens (including phenoxy) is 1. The van der Waals surface area contributed by atoms with E-state index >= 15 is 0 Å². The second-order valence-electron chi connectivity index (χ2n) is 5.69. The van der Waals surface area contributed by atoms with Crippen molar-refractivity contribution in [1.82, 2.24) is 9.71 Å². The molecule has 0 saturated heterocycles. The molecule has 140 valence electrons. The topological polar surface area (TPSA) is 88.5 Å². The summed E-state index contributed by atoms with van der Waals surface area (Å²) < 4.78 is 32.9. The van der Waals surface area contributed by atoms with Crippen LogP contribution < -0.4 is 9.46 Å². The Balaban J connectivity index is 1.66. The zero-order valence-corrected chi connectivity index (χ0v) is 15.7. The van der Waals surface area contributed by atoms with Crippen molar-refractivity contribution < 1.29 is 18.3 Å². The van der Waals surface area contributed by atoms with Crippen molar-refractivity contribution in [3.63, 3.8) is 0 Å². The maximum absolute atomic E-state index is 12.4. The molecule has 1 aromatic heterocycles. The van der Waals surface area contributed by atoms with E-state index in [9.17, 15) is 13.5 Å². The summed E-state index contributed by atoms with van der Waals surface area (Å²) in [5.41, 5.74) is 1.67. The predicted octanol–water partition coefficient (Wildman–Crippen LogP) is 3.50. The number of phenolic OH excluding ortho intramolecular Hbond substituents is 1. The molecule has 0 bridgehead atoms. The van der Waals surface area contributed by atoms with E-state index in [4.69, 9.17) is 16.3 Å². The fourth-order valence-corrected chi connectivity index (χ4v) is 3.70. The average Bonchev–Trinajstić information content (AvgIpc) is 2.68. The van der Waals surface area contributed by atoms with Gasteiger partial charge in [-0.1, -0.05) is 48.0 Å². The number of benzene rings is 2. The van der Waals surface area contributed by atoms with Crippen molar-refractivity contribution in [3.8, 4) is 11.6 Å². The van der Waals surface area contributed by atoms with E-state index in [2.05, 4.69) is 9.71 Å². The summed E-state index contributed by atoms with van der Waals surface area (Å²) in [7, 11) is -3.93. The number of pyridine rings is 1. The van der Waals surface area contributed by atoms with E-state index in [1.54, 1.807) is 18.3 Å². The summed E-state index contributed by atoms with van der Waals surface area (Å²) in [6, 6.07) is 17.1. The number of para-hydroxylation sites is 1. The SMILES string of the molecule is O=S(=O)(NCc1ccnc(OCc2ccccc2)c1)c1cccc(Cl)c1O. The van der Waals surface area contributed by atoms with Gasteiger partial charge in [-0.15, -0.1) is 0 Å². The zero-order chi connectivity index (χ0) is 19.3. The molecule has 8 heteroatoms. The van der Waals surface area contributed by atoms with Crippen molar-refractivity contribution in [1.29, 1.82) is 0 Å². The third kappa shape index (κ3) is 4.97. The second kappa shape index (κ2) is 8.39. The maximum atomic E-state index is 12.4. The lowest BCUT2D eigenvalue weighted by Gasteiger charge is -2.10. The van der Waals surface area contributed by atoms with Crippen molar-refractivity contribution in [2.75, 3.05) is 0 Å². The highest BCUT2D eigenvalue weighted by Gasteiger charge is 2.20. The summed E-state index contributed by atoms with van der Waals surface area (Å²) in [5.74, 6) is -0.0885. The first-order valence-corrected chi connectivity index (χ1v) is 9.90. The zero-order valence-electron chi connectivity index (χ0n) is 14.2. The Kier molecular flexibility index (Phi) is 5.95. The first kappa shape index (κ1) is 19.2. The molecular weight excluding hydrogens is 388 g/mol.